The Morgan fingerprint density at radius 2 is 0.716 bits per heavy atom. The zero-order valence-electron chi connectivity index (χ0n) is 35.9. The van der Waals surface area contributed by atoms with Gasteiger partial charge in [-0.3, -0.25) is 0 Å². The lowest BCUT2D eigenvalue weighted by molar-refractivity contribution is -0.689. The first-order chi connectivity index (χ1) is 35.0. The van der Waals surface area contributed by atoms with Crippen molar-refractivity contribution in [2.24, 2.45) is 0 Å². The number of benzene rings is 7. The standard InChI is InChI=1S/C25H19N2O2.C24BF20/c28-25(23-17-27(15-14-26-23)16-18-8-2-1-3-9-18)29-24-21-12-6-4-10-19(21)20-11-5-7-13-22(20)24;26-5-1(6(27)14(35)21(42)13(5)34)25(2-7(28)15(36)22(43)16(37)8(2)29,3-9(30)17(38)23(44)18(39)10(3)31)4-11(32)19(40)24(45)20(41)12(4)33/h1-15,17,24H,16H2;/q+1;-1. The molecule has 0 amide bonds. The van der Waals surface area contributed by atoms with Crippen molar-refractivity contribution in [3.05, 3.63) is 236 Å². The van der Waals surface area contributed by atoms with E-state index in [9.17, 15) is 57.5 Å². The Bertz CT molecular complexity index is 3190. The molecule has 380 valence electrons. The molecule has 9 rings (SSSR count). The van der Waals surface area contributed by atoms with Gasteiger partial charge in [0, 0.05) is 16.7 Å². The summed E-state index contributed by atoms with van der Waals surface area (Å²) >= 11 is 0. The van der Waals surface area contributed by atoms with Crippen molar-refractivity contribution in [2.45, 2.75) is 12.6 Å². The molecule has 74 heavy (non-hydrogen) atoms. The third-order valence-corrected chi connectivity index (χ3v) is 11.9. The Labute approximate surface area is 400 Å². The van der Waals surface area contributed by atoms with E-state index in [-0.39, 0.29) is 0 Å². The third kappa shape index (κ3) is 8.13. The van der Waals surface area contributed by atoms with Crippen molar-refractivity contribution in [2.75, 3.05) is 0 Å². The van der Waals surface area contributed by atoms with Crippen LogP contribution in [0.5, 0.6) is 0 Å². The van der Waals surface area contributed by atoms with Crippen LogP contribution in [0, 0.1) is 116 Å². The monoisotopic (exact) mass is 1060 g/mol. The lowest BCUT2D eigenvalue weighted by Gasteiger charge is -2.44. The highest BCUT2D eigenvalue weighted by Gasteiger charge is 2.52. The Morgan fingerprint density at radius 3 is 1.05 bits per heavy atom. The molecule has 0 aliphatic heterocycles. The average molecular weight is 1060 g/mol. The van der Waals surface area contributed by atoms with E-state index in [1.165, 1.54) is 0 Å². The molecule has 1 heterocycles. The summed E-state index contributed by atoms with van der Waals surface area (Å²) < 4.78 is 302. The van der Waals surface area contributed by atoms with E-state index < -0.39 is 156 Å². The second-order valence-electron chi connectivity index (χ2n) is 15.9. The first-order valence-electron chi connectivity index (χ1n) is 20.5. The molecule has 0 fully saturated rings. The summed E-state index contributed by atoms with van der Waals surface area (Å²) in [4.78, 5) is 17.2. The second kappa shape index (κ2) is 19.6. The van der Waals surface area contributed by atoms with Crippen LogP contribution in [0.2, 0.25) is 0 Å². The van der Waals surface area contributed by atoms with Gasteiger partial charge in [-0.1, -0.05) is 78.9 Å². The number of halogens is 20. The smallest absolute Gasteiger partial charge is 0.364 e. The second-order valence-corrected chi connectivity index (χ2v) is 15.9. The van der Waals surface area contributed by atoms with Gasteiger partial charge in [-0.25, -0.2) is 97.6 Å². The fourth-order valence-corrected chi connectivity index (χ4v) is 8.71. The number of aromatic nitrogens is 2. The molecular formula is C49H19BF20N2O2. The van der Waals surface area contributed by atoms with Gasteiger partial charge in [-0.15, -0.1) is 21.9 Å². The molecule has 0 saturated carbocycles. The number of esters is 1. The van der Waals surface area contributed by atoms with Gasteiger partial charge in [0.15, 0.2) is 88.7 Å². The molecule has 25 heteroatoms. The molecule has 0 saturated heterocycles. The number of rotatable bonds is 8. The van der Waals surface area contributed by atoms with Crippen LogP contribution in [0.1, 0.15) is 33.3 Å². The van der Waals surface area contributed by atoms with E-state index in [1.807, 2.05) is 65.4 Å². The van der Waals surface area contributed by atoms with Gasteiger partial charge in [0.05, 0.1) is 6.20 Å². The van der Waals surface area contributed by atoms with Crippen molar-refractivity contribution in [3.63, 3.8) is 0 Å². The summed E-state index contributed by atoms with van der Waals surface area (Å²) in [5, 5.41) is 0. The molecule has 0 radical (unpaired) electrons. The molecule has 1 aromatic heterocycles. The Hall–Kier alpha value is -8.25. The zero-order chi connectivity index (χ0) is 54.0. The van der Waals surface area contributed by atoms with Crippen LogP contribution in [0.4, 0.5) is 87.8 Å². The fourth-order valence-electron chi connectivity index (χ4n) is 8.71. The summed E-state index contributed by atoms with van der Waals surface area (Å²) in [5.74, 6) is -71.8. The molecular weight excluding hydrogens is 1040 g/mol. The van der Waals surface area contributed by atoms with Crippen molar-refractivity contribution in [1.82, 2.24) is 4.98 Å². The normalized spacial score (nSPS) is 12.1. The predicted octanol–water partition coefficient (Wildman–Crippen LogP) is 10.2. The van der Waals surface area contributed by atoms with Crippen LogP contribution in [0.3, 0.4) is 0 Å². The lowest BCUT2D eigenvalue weighted by Crippen LogP contribution is -2.81. The summed E-state index contributed by atoms with van der Waals surface area (Å²) in [5.41, 5.74) is -8.64. The fraction of sp³-hybridized carbons (Fsp3) is 0.0408. The lowest BCUT2D eigenvalue weighted by atomic mass is 9.12. The molecule has 0 bridgehead atoms. The first kappa shape index (κ1) is 52.1. The number of carbonyl (C=O) groups is 1. The quantitative estimate of drug-likeness (QED) is 0.0380. The van der Waals surface area contributed by atoms with E-state index in [0.29, 0.717) is 12.2 Å². The highest BCUT2D eigenvalue weighted by Crippen LogP contribution is 2.45. The molecule has 1 aliphatic carbocycles. The Morgan fingerprint density at radius 1 is 0.419 bits per heavy atom. The number of fused-ring (bicyclic) bond motifs is 3. The van der Waals surface area contributed by atoms with Gasteiger partial charge >= 0.3 is 5.97 Å². The van der Waals surface area contributed by atoms with Crippen LogP contribution in [-0.4, -0.2) is 17.1 Å². The minimum absolute atomic E-state index is 0.297. The number of carbonyl (C=O) groups excluding carboxylic acids is 1. The maximum absolute atomic E-state index is 15.4. The number of ether oxygens (including phenoxy) is 1. The molecule has 0 spiro atoms. The number of hydrogen-bond acceptors (Lipinski definition) is 3. The van der Waals surface area contributed by atoms with Crippen molar-refractivity contribution in [3.8, 4) is 11.1 Å². The maximum atomic E-state index is 15.4. The molecule has 7 aromatic carbocycles. The number of nitrogens with zero attached hydrogens (tertiary/aromatic N) is 2. The molecule has 0 atom stereocenters. The van der Waals surface area contributed by atoms with Gasteiger partial charge in [0.1, 0.15) is 52.7 Å². The largest absolute Gasteiger partial charge is 0.448 e. The van der Waals surface area contributed by atoms with Crippen LogP contribution in [0.15, 0.2) is 97.5 Å². The summed E-state index contributed by atoms with van der Waals surface area (Å²) in [7, 11) is 0. The summed E-state index contributed by atoms with van der Waals surface area (Å²) in [6.45, 7) is 0.665. The van der Waals surface area contributed by atoms with Crippen molar-refractivity contribution < 1.29 is 102 Å². The van der Waals surface area contributed by atoms with Crippen LogP contribution in [0.25, 0.3) is 11.1 Å². The molecule has 0 N–H and O–H groups in total. The van der Waals surface area contributed by atoms with E-state index in [2.05, 4.69) is 29.2 Å². The van der Waals surface area contributed by atoms with E-state index in [1.54, 1.807) is 12.4 Å². The highest BCUT2D eigenvalue weighted by atomic mass is 19.2. The summed E-state index contributed by atoms with van der Waals surface area (Å²) in [6, 6.07) is 26.2. The van der Waals surface area contributed by atoms with Crippen LogP contribution >= 0.6 is 0 Å². The van der Waals surface area contributed by atoms with Crippen molar-refractivity contribution in [1.29, 1.82) is 0 Å². The number of hydrogen-bond donors (Lipinski definition) is 0. The molecule has 1 aliphatic rings. The van der Waals surface area contributed by atoms with Gasteiger partial charge in [-0.2, -0.15) is 4.57 Å². The van der Waals surface area contributed by atoms with Gasteiger partial charge in [0.2, 0.25) is 11.9 Å². The average Bonchev–Trinajstić information content (AvgIpc) is 3.71. The predicted molar refractivity (Wildman–Crippen MR) is 218 cm³/mol. The van der Waals surface area contributed by atoms with Gasteiger partial charge in [-0.05, 0) is 11.1 Å². The third-order valence-electron chi connectivity index (χ3n) is 11.9. The van der Waals surface area contributed by atoms with Crippen molar-refractivity contribution >= 4 is 34.0 Å². The molecule has 0 unspecified atom stereocenters. The SMILES string of the molecule is Fc1c(F)c(F)c([B-](c2c(F)c(F)c(F)c(F)c2F)(c2c(F)c(F)c(F)c(F)c2F)c2c(F)c(F)c(F)c(F)c2F)c(F)c1F.O=C(OC1c2ccccc2-c2ccccc21)c1c[n+](Cc2ccccc2)ccn1. The van der Waals surface area contributed by atoms with Crippen LogP contribution in [-0.2, 0) is 11.3 Å². The Kier molecular flexibility index (Phi) is 13.8. The zero-order valence-corrected chi connectivity index (χ0v) is 35.9. The minimum Gasteiger partial charge on any atom is -0.448 e. The maximum Gasteiger partial charge on any atom is 0.364 e. The first-order valence-corrected chi connectivity index (χ1v) is 20.5. The molecule has 4 nitrogen and oxygen atoms in total. The van der Waals surface area contributed by atoms with E-state index >= 15 is 35.1 Å². The van der Waals surface area contributed by atoms with E-state index in [0.717, 1.165) is 27.8 Å². The minimum atomic E-state index is -7.22. The van der Waals surface area contributed by atoms with Gasteiger partial charge < -0.3 is 4.74 Å². The summed E-state index contributed by atoms with van der Waals surface area (Å²) in [6.07, 6.45) is -2.41. The Balaban J connectivity index is 0.000000215. The van der Waals surface area contributed by atoms with Gasteiger partial charge in [0.25, 0.3) is 0 Å². The highest BCUT2D eigenvalue weighted by molar-refractivity contribution is 7.20. The van der Waals surface area contributed by atoms with Crippen LogP contribution < -0.4 is 26.4 Å². The molecule has 8 aromatic rings. The topological polar surface area (TPSA) is 43.1 Å². The van der Waals surface area contributed by atoms with E-state index in [4.69, 9.17) is 4.74 Å².